The van der Waals surface area contributed by atoms with Gasteiger partial charge in [0, 0.05) is 36.9 Å². The summed E-state index contributed by atoms with van der Waals surface area (Å²) in [6.45, 7) is 7.15. The molecule has 0 aliphatic carbocycles. The predicted octanol–water partition coefficient (Wildman–Crippen LogP) is 4.03. The Bertz CT molecular complexity index is 1020. The highest BCUT2D eigenvalue weighted by molar-refractivity contribution is 5.81. The number of nitrogens with one attached hydrogen (secondary N) is 1. The van der Waals surface area contributed by atoms with E-state index >= 15 is 0 Å². The van der Waals surface area contributed by atoms with Crippen molar-refractivity contribution in [2.45, 2.75) is 52.2 Å². The van der Waals surface area contributed by atoms with Crippen molar-refractivity contribution in [2.24, 2.45) is 0 Å². The van der Waals surface area contributed by atoms with Crippen molar-refractivity contribution < 1.29 is 14.1 Å². The van der Waals surface area contributed by atoms with Crippen molar-refractivity contribution in [1.82, 2.24) is 20.4 Å². The Morgan fingerprint density at radius 3 is 2.70 bits per heavy atom. The standard InChI is InChI=1S/C23H26N4O3/c1-14(2)22-24-13-18(20-11-15(3)27-30-20)21(26-22)17-8-6-16(7-9-17)12-25-23(28)19-5-4-10-29-19/h6-9,11,13-14,19H,4-5,10,12H2,1-3H3,(H,25,28). The van der Waals surface area contributed by atoms with Crippen molar-refractivity contribution >= 4 is 5.91 Å². The molecule has 0 saturated carbocycles. The Hall–Kier alpha value is -3.06. The number of amides is 1. The topological polar surface area (TPSA) is 90.1 Å². The molecule has 2 aromatic heterocycles. The van der Waals surface area contributed by atoms with Crippen molar-refractivity contribution in [3.05, 3.63) is 53.6 Å². The van der Waals surface area contributed by atoms with Gasteiger partial charge in [-0.2, -0.15) is 0 Å². The molecule has 3 aromatic rings. The van der Waals surface area contributed by atoms with Crippen LogP contribution in [0.3, 0.4) is 0 Å². The second-order valence-corrected chi connectivity index (χ2v) is 7.89. The Balaban J connectivity index is 1.56. The van der Waals surface area contributed by atoms with E-state index in [9.17, 15) is 4.79 Å². The van der Waals surface area contributed by atoms with E-state index in [-0.39, 0.29) is 17.9 Å². The molecule has 1 aliphatic heterocycles. The second-order valence-electron chi connectivity index (χ2n) is 7.89. The maximum Gasteiger partial charge on any atom is 0.249 e. The number of benzene rings is 1. The number of rotatable bonds is 6. The summed E-state index contributed by atoms with van der Waals surface area (Å²) in [5.41, 5.74) is 4.39. The molecule has 30 heavy (non-hydrogen) atoms. The molecule has 156 valence electrons. The second kappa shape index (κ2) is 8.75. The van der Waals surface area contributed by atoms with E-state index in [1.165, 1.54) is 0 Å². The highest BCUT2D eigenvalue weighted by Gasteiger charge is 2.23. The van der Waals surface area contributed by atoms with Gasteiger partial charge < -0.3 is 14.6 Å². The number of aromatic nitrogens is 3. The van der Waals surface area contributed by atoms with Crippen molar-refractivity contribution in [3.8, 4) is 22.6 Å². The number of carbonyl (C=O) groups is 1. The average molecular weight is 406 g/mol. The summed E-state index contributed by atoms with van der Waals surface area (Å²) in [5.74, 6) is 1.59. The predicted molar refractivity (Wildman–Crippen MR) is 113 cm³/mol. The van der Waals surface area contributed by atoms with Crippen molar-refractivity contribution in [2.75, 3.05) is 6.61 Å². The quantitative estimate of drug-likeness (QED) is 0.665. The van der Waals surface area contributed by atoms with E-state index in [0.717, 1.165) is 46.7 Å². The van der Waals surface area contributed by atoms with E-state index in [1.807, 2.05) is 37.3 Å². The first-order chi connectivity index (χ1) is 14.5. The molecular formula is C23H26N4O3. The third-order valence-corrected chi connectivity index (χ3v) is 5.13. The van der Waals surface area contributed by atoms with Gasteiger partial charge in [-0.25, -0.2) is 9.97 Å². The van der Waals surface area contributed by atoms with Crippen LogP contribution in [0.15, 0.2) is 41.1 Å². The fraction of sp³-hybridized carbons (Fsp3) is 0.391. The summed E-state index contributed by atoms with van der Waals surface area (Å²) in [5, 5.41) is 6.94. The molecule has 4 rings (SSSR count). The van der Waals surface area contributed by atoms with Crippen LogP contribution in [0.4, 0.5) is 0 Å². The normalized spacial score (nSPS) is 16.2. The zero-order valence-corrected chi connectivity index (χ0v) is 17.5. The average Bonchev–Trinajstić information content (AvgIpc) is 3.44. The number of aryl methyl sites for hydroxylation is 1. The molecule has 1 unspecified atom stereocenters. The molecular weight excluding hydrogens is 380 g/mol. The highest BCUT2D eigenvalue weighted by atomic mass is 16.5. The lowest BCUT2D eigenvalue weighted by Gasteiger charge is -2.12. The van der Waals surface area contributed by atoms with E-state index in [1.54, 1.807) is 6.20 Å². The zero-order chi connectivity index (χ0) is 21.1. The van der Waals surface area contributed by atoms with Crippen LogP contribution < -0.4 is 5.32 Å². The molecule has 1 N–H and O–H groups in total. The summed E-state index contributed by atoms with van der Waals surface area (Å²) in [6, 6.07) is 9.89. The summed E-state index contributed by atoms with van der Waals surface area (Å²) < 4.78 is 10.9. The molecule has 1 fully saturated rings. The van der Waals surface area contributed by atoms with Gasteiger partial charge in [0.1, 0.15) is 11.9 Å². The number of ether oxygens (including phenoxy) is 1. The van der Waals surface area contributed by atoms with Gasteiger partial charge in [-0.05, 0) is 25.3 Å². The summed E-state index contributed by atoms with van der Waals surface area (Å²) in [7, 11) is 0. The molecule has 0 bridgehead atoms. The van der Waals surface area contributed by atoms with Gasteiger partial charge in [-0.3, -0.25) is 4.79 Å². The van der Waals surface area contributed by atoms with Gasteiger partial charge in [-0.1, -0.05) is 43.3 Å². The number of nitrogens with zero attached hydrogens (tertiary/aromatic N) is 3. The molecule has 7 nitrogen and oxygen atoms in total. The van der Waals surface area contributed by atoms with Gasteiger partial charge in [0.05, 0.1) is 17.0 Å². The van der Waals surface area contributed by atoms with Crippen LogP contribution in [0.1, 0.15) is 49.7 Å². The molecule has 0 spiro atoms. The third kappa shape index (κ3) is 4.41. The Morgan fingerprint density at radius 1 is 1.27 bits per heavy atom. The van der Waals surface area contributed by atoms with Crippen LogP contribution in [0.5, 0.6) is 0 Å². The van der Waals surface area contributed by atoms with Crippen LogP contribution in [0.2, 0.25) is 0 Å². The monoisotopic (exact) mass is 406 g/mol. The van der Waals surface area contributed by atoms with Crippen LogP contribution in [0, 0.1) is 6.92 Å². The molecule has 1 aliphatic rings. The smallest absolute Gasteiger partial charge is 0.249 e. The third-order valence-electron chi connectivity index (χ3n) is 5.13. The van der Waals surface area contributed by atoms with Crippen LogP contribution in [0.25, 0.3) is 22.6 Å². The first kappa shape index (κ1) is 20.2. The summed E-state index contributed by atoms with van der Waals surface area (Å²) in [6.07, 6.45) is 3.22. The minimum absolute atomic E-state index is 0.0445. The SMILES string of the molecule is Cc1cc(-c2cnc(C(C)C)nc2-c2ccc(CNC(=O)C3CCCO3)cc2)on1. The molecule has 0 radical (unpaired) electrons. The van der Waals surface area contributed by atoms with Gasteiger partial charge in [-0.15, -0.1) is 0 Å². The Labute approximate surface area is 175 Å². The molecule has 1 saturated heterocycles. The lowest BCUT2D eigenvalue weighted by Crippen LogP contribution is -2.33. The van der Waals surface area contributed by atoms with Gasteiger partial charge in [0.15, 0.2) is 5.76 Å². The molecule has 1 amide bonds. The van der Waals surface area contributed by atoms with E-state index in [2.05, 4.69) is 29.3 Å². The van der Waals surface area contributed by atoms with Crippen molar-refractivity contribution in [3.63, 3.8) is 0 Å². The highest BCUT2D eigenvalue weighted by Crippen LogP contribution is 2.31. The molecule has 3 heterocycles. The Morgan fingerprint density at radius 2 is 2.07 bits per heavy atom. The fourth-order valence-electron chi connectivity index (χ4n) is 3.43. The molecule has 1 aromatic carbocycles. The molecule has 7 heteroatoms. The van der Waals surface area contributed by atoms with Gasteiger partial charge >= 0.3 is 0 Å². The van der Waals surface area contributed by atoms with Crippen LogP contribution in [-0.4, -0.2) is 33.7 Å². The minimum atomic E-state index is -0.312. The van der Waals surface area contributed by atoms with Gasteiger partial charge in [0.25, 0.3) is 0 Å². The lowest BCUT2D eigenvalue weighted by atomic mass is 10.0. The maximum atomic E-state index is 12.1. The summed E-state index contributed by atoms with van der Waals surface area (Å²) >= 11 is 0. The van der Waals surface area contributed by atoms with E-state index in [4.69, 9.17) is 14.2 Å². The summed E-state index contributed by atoms with van der Waals surface area (Å²) in [4.78, 5) is 21.4. The molecule has 1 atom stereocenters. The first-order valence-corrected chi connectivity index (χ1v) is 10.3. The zero-order valence-electron chi connectivity index (χ0n) is 17.5. The van der Waals surface area contributed by atoms with E-state index in [0.29, 0.717) is 18.9 Å². The van der Waals surface area contributed by atoms with Crippen LogP contribution >= 0.6 is 0 Å². The maximum absolute atomic E-state index is 12.1. The van der Waals surface area contributed by atoms with Crippen LogP contribution in [-0.2, 0) is 16.1 Å². The number of carbonyl (C=O) groups excluding carboxylic acids is 1. The largest absolute Gasteiger partial charge is 0.368 e. The Kier molecular flexibility index (Phi) is 5.90. The first-order valence-electron chi connectivity index (χ1n) is 10.3. The lowest BCUT2D eigenvalue weighted by molar-refractivity contribution is -0.130. The number of hydrogen-bond acceptors (Lipinski definition) is 6. The number of hydrogen-bond donors (Lipinski definition) is 1. The van der Waals surface area contributed by atoms with Gasteiger partial charge in [0.2, 0.25) is 5.91 Å². The van der Waals surface area contributed by atoms with E-state index < -0.39 is 0 Å². The fourth-order valence-corrected chi connectivity index (χ4v) is 3.43. The minimum Gasteiger partial charge on any atom is -0.368 e. The van der Waals surface area contributed by atoms with Crippen molar-refractivity contribution in [1.29, 1.82) is 0 Å².